The molecule has 0 atom stereocenters. The molecule has 1 amide bonds. The number of hydrogen-bond acceptors (Lipinski definition) is 5. The fourth-order valence-electron chi connectivity index (χ4n) is 1.78. The standard InChI is InChI=1S/C15H13N3OS2/c1-9-3-5-11(6-4-9)14-17-12(8-20-14)13(19)18-15-16-10(2)7-21-15/h3-8H,1-2H3,(H,16,18,19). The molecule has 0 saturated carbocycles. The number of anilines is 1. The summed E-state index contributed by atoms with van der Waals surface area (Å²) in [4.78, 5) is 20.7. The maximum absolute atomic E-state index is 12.1. The van der Waals surface area contributed by atoms with Crippen LogP contribution in [0.25, 0.3) is 10.6 Å². The van der Waals surface area contributed by atoms with E-state index in [9.17, 15) is 4.79 Å². The average Bonchev–Trinajstić information content (AvgIpc) is 3.09. The van der Waals surface area contributed by atoms with Crippen molar-refractivity contribution in [3.8, 4) is 10.6 Å². The number of carbonyl (C=O) groups excluding carboxylic acids is 1. The summed E-state index contributed by atoms with van der Waals surface area (Å²) in [7, 11) is 0. The summed E-state index contributed by atoms with van der Waals surface area (Å²) < 4.78 is 0. The number of hydrogen-bond donors (Lipinski definition) is 1. The van der Waals surface area contributed by atoms with Crippen molar-refractivity contribution >= 4 is 33.7 Å². The first-order chi connectivity index (χ1) is 10.1. The molecule has 1 aromatic carbocycles. The molecular weight excluding hydrogens is 302 g/mol. The fourth-order valence-corrected chi connectivity index (χ4v) is 3.27. The molecule has 2 aromatic heterocycles. The maximum Gasteiger partial charge on any atom is 0.276 e. The molecule has 0 radical (unpaired) electrons. The Balaban J connectivity index is 1.78. The summed E-state index contributed by atoms with van der Waals surface area (Å²) in [5.41, 5.74) is 3.54. The Hall–Kier alpha value is -2.05. The first-order valence-corrected chi connectivity index (χ1v) is 8.14. The normalized spacial score (nSPS) is 10.6. The van der Waals surface area contributed by atoms with Gasteiger partial charge in [0.05, 0.1) is 5.69 Å². The number of carbonyl (C=O) groups is 1. The molecule has 2 heterocycles. The zero-order valence-corrected chi connectivity index (χ0v) is 13.2. The van der Waals surface area contributed by atoms with Crippen LogP contribution in [-0.4, -0.2) is 15.9 Å². The van der Waals surface area contributed by atoms with E-state index in [4.69, 9.17) is 0 Å². The van der Waals surface area contributed by atoms with Crippen LogP contribution in [0.2, 0.25) is 0 Å². The van der Waals surface area contributed by atoms with Crippen LogP contribution in [0.5, 0.6) is 0 Å². The van der Waals surface area contributed by atoms with E-state index >= 15 is 0 Å². The van der Waals surface area contributed by atoms with Gasteiger partial charge in [0.2, 0.25) is 0 Å². The van der Waals surface area contributed by atoms with Gasteiger partial charge in [-0.3, -0.25) is 10.1 Å². The Morgan fingerprint density at radius 1 is 1.05 bits per heavy atom. The Bertz CT molecular complexity index is 774. The van der Waals surface area contributed by atoms with Gasteiger partial charge in [-0.1, -0.05) is 29.8 Å². The van der Waals surface area contributed by atoms with Gasteiger partial charge in [0.25, 0.3) is 5.91 Å². The molecule has 4 nitrogen and oxygen atoms in total. The molecular formula is C15H13N3OS2. The first-order valence-electron chi connectivity index (χ1n) is 6.38. The van der Waals surface area contributed by atoms with Gasteiger partial charge in [-0.25, -0.2) is 9.97 Å². The number of nitrogens with one attached hydrogen (secondary N) is 1. The van der Waals surface area contributed by atoms with Crippen molar-refractivity contribution in [2.45, 2.75) is 13.8 Å². The lowest BCUT2D eigenvalue weighted by molar-refractivity contribution is 0.102. The van der Waals surface area contributed by atoms with E-state index in [0.29, 0.717) is 10.8 Å². The molecule has 0 fully saturated rings. The number of amides is 1. The van der Waals surface area contributed by atoms with Crippen molar-refractivity contribution in [1.29, 1.82) is 0 Å². The zero-order valence-electron chi connectivity index (χ0n) is 11.6. The van der Waals surface area contributed by atoms with Gasteiger partial charge in [-0.05, 0) is 13.8 Å². The molecule has 21 heavy (non-hydrogen) atoms. The summed E-state index contributed by atoms with van der Waals surface area (Å²) in [5.74, 6) is -0.223. The van der Waals surface area contributed by atoms with Crippen molar-refractivity contribution in [2.75, 3.05) is 5.32 Å². The van der Waals surface area contributed by atoms with Crippen LogP contribution in [-0.2, 0) is 0 Å². The van der Waals surface area contributed by atoms with Crippen molar-refractivity contribution in [3.63, 3.8) is 0 Å². The number of nitrogens with zero attached hydrogens (tertiary/aromatic N) is 2. The first kappa shape index (κ1) is 13.9. The van der Waals surface area contributed by atoms with Gasteiger partial charge in [0.15, 0.2) is 5.13 Å². The van der Waals surface area contributed by atoms with Gasteiger partial charge in [-0.15, -0.1) is 22.7 Å². The molecule has 106 valence electrons. The van der Waals surface area contributed by atoms with Crippen molar-refractivity contribution in [2.24, 2.45) is 0 Å². The molecule has 0 aliphatic carbocycles. The fraction of sp³-hybridized carbons (Fsp3) is 0.133. The van der Waals surface area contributed by atoms with Crippen LogP contribution < -0.4 is 5.32 Å². The Kier molecular flexibility index (Phi) is 3.81. The SMILES string of the molecule is Cc1ccc(-c2nc(C(=O)Nc3nc(C)cs3)cs2)cc1. The van der Waals surface area contributed by atoms with Crippen molar-refractivity contribution in [3.05, 3.63) is 52.0 Å². The summed E-state index contributed by atoms with van der Waals surface area (Å²) in [6.07, 6.45) is 0. The predicted octanol–water partition coefficient (Wildman–Crippen LogP) is 4.14. The highest BCUT2D eigenvalue weighted by Crippen LogP contribution is 2.24. The van der Waals surface area contributed by atoms with Crippen molar-refractivity contribution < 1.29 is 4.79 Å². The largest absolute Gasteiger partial charge is 0.296 e. The average molecular weight is 315 g/mol. The van der Waals surface area contributed by atoms with Crippen molar-refractivity contribution in [1.82, 2.24) is 9.97 Å². The third-order valence-corrected chi connectivity index (χ3v) is 4.64. The van der Waals surface area contributed by atoms with Gasteiger partial charge in [0.1, 0.15) is 10.7 Å². The molecule has 6 heteroatoms. The van der Waals surface area contributed by atoms with Crippen LogP contribution in [0.3, 0.4) is 0 Å². The minimum atomic E-state index is -0.223. The molecule has 0 aliphatic heterocycles. The number of rotatable bonds is 3. The Morgan fingerprint density at radius 3 is 2.48 bits per heavy atom. The van der Waals surface area contributed by atoms with Gasteiger partial charge in [0, 0.05) is 16.3 Å². The summed E-state index contributed by atoms with van der Waals surface area (Å²) in [6.45, 7) is 3.94. The minimum Gasteiger partial charge on any atom is -0.296 e. The smallest absolute Gasteiger partial charge is 0.276 e. The van der Waals surface area contributed by atoms with E-state index < -0.39 is 0 Å². The summed E-state index contributed by atoms with van der Waals surface area (Å²) >= 11 is 2.87. The number of aryl methyl sites for hydroxylation is 2. The van der Waals surface area contributed by atoms with Gasteiger partial charge < -0.3 is 0 Å². The Labute approximate surface area is 130 Å². The topological polar surface area (TPSA) is 54.9 Å². The van der Waals surface area contributed by atoms with E-state index in [1.54, 1.807) is 5.38 Å². The molecule has 3 rings (SSSR count). The third-order valence-electron chi connectivity index (χ3n) is 2.87. The molecule has 0 unspecified atom stereocenters. The molecule has 0 bridgehead atoms. The van der Waals surface area contributed by atoms with E-state index in [2.05, 4.69) is 15.3 Å². The lowest BCUT2D eigenvalue weighted by Gasteiger charge is -1.98. The van der Waals surface area contributed by atoms with E-state index in [1.807, 2.05) is 43.5 Å². The number of aromatic nitrogens is 2. The zero-order chi connectivity index (χ0) is 14.8. The van der Waals surface area contributed by atoms with Gasteiger partial charge in [-0.2, -0.15) is 0 Å². The van der Waals surface area contributed by atoms with Crippen LogP contribution in [0.4, 0.5) is 5.13 Å². The minimum absolute atomic E-state index is 0.223. The molecule has 0 saturated heterocycles. The second kappa shape index (κ2) is 5.75. The van der Waals surface area contributed by atoms with Crippen LogP contribution in [0.15, 0.2) is 35.0 Å². The third kappa shape index (κ3) is 3.17. The van der Waals surface area contributed by atoms with Crippen LogP contribution in [0, 0.1) is 13.8 Å². The van der Waals surface area contributed by atoms with Gasteiger partial charge >= 0.3 is 0 Å². The molecule has 0 spiro atoms. The van der Waals surface area contributed by atoms with Crippen LogP contribution >= 0.6 is 22.7 Å². The lowest BCUT2D eigenvalue weighted by atomic mass is 10.2. The lowest BCUT2D eigenvalue weighted by Crippen LogP contribution is -2.12. The maximum atomic E-state index is 12.1. The van der Waals surface area contributed by atoms with E-state index in [-0.39, 0.29) is 5.91 Å². The van der Waals surface area contributed by atoms with Crippen LogP contribution in [0.1, 0.15) is 21.7 Å². The predicted molar refractivity (Wildman–Crippen MR) is 87.1 cm³/mol. The highest BCUT2D eigenvalue weighted by Gasteiger charge is 2.13. The second-order valence-corrected chi connectivity index (χ2v) is 6.37. The molecule has 3 aromatic rings. The molecule has 0 aliphatic rings. The van der Waals surface area contributed by atoms with E-state index in [0.717, 1.165) is 16.3 Å². The quantitative estimate of drug-likeness (QED) is 0.790. The van der Waals surface area contributed by atoms with E-state index in [1.165, 1.54) is 28.2 Å². The monoisotopic (exact) mass is 315 g/mol. The summed E-state index contributed by atoms with van der Waals surface area (Å²) in [6, 6.07) is 8.10. The number of thiazole rings is 2. The number of benzene rings is 1. The highest BCUT2D eigenvalue weighted by atomic mass is 32.1. The molecule has 1 N–H and O–H groups in total. The Morgan fingerprint density at radius 2 is 1.81 bits per heavy atom. The highest BCUT2D eigenvalue weighted by molar-refractivity contribution is 7.14. The second-order valence-electron chi connectivity index (χ2n) is 4.65. The summed E-state index contributed by atoms with van der Waals surface area (Å²) in [5, 5.41) is 7.87.